The van der Waals surface area contributed by atoms with Gasteiger partial charge in [-0.3, -0.25) is 9.97 Å². The Hall–Kier alpha value is -8.46. The molecule has 11 aromatic carbocycles. The van der Waals surface area contributed by atoms with Gasteiger partial charge >= 0.3 is 0 Å². The number of aromatic nitrogens is 2. The first-order chi connectivity index (χ1) is 32.2. The van der Waals surface area contributed by atoms with Crippen molar-refractivity contribution >= 4 is 75.4 Å². The van der Waals surface area contributed by atoms with Crippen LogP contribution in [0.3, 0.4) is 0 Å². The highest BCUT2D eigenvalue weighted by Gasteiger charge is 2.34. The molecular formula is C63H36N2. The molecule has 0 aliphatic heterocycles. The molecule has 0 bridgehead atoms. The Labute approximate surface area is 374 Å². The molecule has 15 rings (SSSR count). The normalized spacial score (nSPS) is 12.4. The van der Waals surface area contributed by atoms with Crippen LogP contribution in [-0.4, -0.2) is 9.97 Å². The van der Waals surface area contributed by atoms with Crippen LogP contribution in [0, 0.1) is 6.92 Å². The summed E-state index contributed by atoms with van der Waals surface area (Å²) in [7, 11) is 0. The molecular weight excluding hydrogens is 785 g/mol. The van der Waals surface area contributed by atoms with Gasteiger partial charge in [-0.05, 0) is 170 Å². The summed E-state index contributed by atoms with van der Waals surface area (Å²) in [6.07, 6.45) is 1.94. The van der Waals surface area contributed by atoms with Crippen LogP contribution in [0.25, 0.3) is 154 Å². The van der Waals surface area contributed by atoms with Gasteiger partial charge in [0, 0.05) is 39.5 Å². The van der Waals surface area contributed by atoms with Crippen LogP contribution in [0.5, 0.6) is 0 Å². The molecule has 2 heteroatoms. The predicted octanol–water partition coefficient (Wildman–Crippen LogP) is 17.2. The predicted molar refractivity (Wildman–Crippen MR) is 274 cm³/mol. The molecule has 2 aromatic heterocycles. The van der Waals surface area contributed by atoms with E-state index in [4.69, 9.17) is 9.97 Å². The Morgan fingerprint density at radius 1 is 0.292 bits per heavy atom. The third-order valence-electron chi connectivity index (χ3n) is 14.6. The molecule has 2 aliphatic rings. The molecule has 2 aliphatic carbocycles. The minimum absolute atomic E-state index is 0.964. The molecule has 65 heavy (non-hydrogen) atoms. The lowest BCUT2D eigenvalue weighted by Crippen LogP contribution is -1.97. The van der Waals surface area contributed by atoms with Crippen LogP contribution in [0.15, 0.2) is 200 Å². The van der Waals surface area contributed by atoms with Gasteiger partial charge in [-0.25, -0.2) is 0 Å². The van der Waals surface area contributed by atoms with Gasteiger partial charge < -0.3 is 0 Å². The SMILES string of the molecule is Cc1cccc(-c2c3c(c(-c4ccccn4)c4c2ccc2c5cc6c(cc5ccc24)-c2cc4ccccc4c4cccc-6c24)-c2ccc(-c4ccccc4)c4c2c-3cc2ccccc24)n1. The van der Waals surface area contributed by atoms with Gasteiger partial charge in [0.05, 0.1) is 11.4 Å². The zero-order valence-corrected chi connectivity index (χ0v) is 35.4. The summed E-state index contributed by atoms with van der Waals surface area (Å²) < 4.78 is 0. The summed E-state index contributed by atoms with van der Waals surface area (Å²) in [4.78, 5) is 10.5. The van der Waals surface area contributed by atoms with Gasteiger partial charge in [0.2, 0.25) is 0 Å². The second-order valence-corrected chi connectivity index (χ2v) is 17.9. The van der Waals surface area contributed by atoms with E-state index in [-0.39, 0.29) is 0 Å². The Morgan fingerprint density at radius 3 is 1.80 bits per heavy atom. The monoisotopic (exact) mass is 820 g/mol. The van der Waals surface area contributed by atoms with Crippen molar-refractivity contribution in [1.29, 1.82) is 0 Å². The highest BCUT2D eigenvalue weighted by molar-refractivity contribution is 6.36. The fraction of sp³-hybridized carbons (Fsp3) is 0.0159. The molecule has 0 atom stereocenters. The number of rotatable bonds is 3. The lowest BCUT2D eigenvalue weighted by Gasteiger charge is -2.21. The zero-order valence-electron chi connectivity index (χ0n) is 35.4. The molecule has 0 N–H and O–H groups in total. The van der Waals surface area contributed by atoms with E-state index in [9.17, 15) is 0 Å². The van der Waals surface area contributed by atoms with Crippen LogP contribution >= 0.6 is 0 Å². The second-order valence-electron chi connectivity index (χ2n) is 17.9. The fourth-order valence-electron chi connectivity index (χ4n) is 12.0. The highest BCUT2D eigenvalue weighted by atomic mass is 14.7. The largest absolute Gasteiger partial charge is 0.256 e. The average Bonchev–Trinajstić information content (AvgIpc) is 3.85. The first-order valence-electron chi connectivity index (χ1n) is 22.6. The van der Waals surface area contributed by atoms with Crippen LogP contribution in [0.1, 0.15) is 5.69 Å². The van der Waals surface area contributed by atoms with E-state index in [0.717, 1.165) is 28.2 Å². The number of fused-ring (bicyclic) bond motifs is 15. The van der Waals surface area contributed by atoms with E-state index in [1.807, 2.05) is 12.3 Å². The number of nitrogens with zero attached hydrogens (tertiary/aromatic N) is 2. The van der Waals surface area contributed by atoms with Crippen LogP contribution in [0.4, 0.5) is 0 Å². The second kappa shape index (κ2) is 12.8. The molecule has 0 saturated carbocycles. The Balaban J connectivity index is 1.11. The zero-order chi connectivity index (χ0) is 42.5. The number of pyridine rings is 2. The smallest absolute Gasteiger partial charge is 0.0717 e. The van der Waals surface area contributed by atoms with E-state index < -0.39 is 0 Å². The molecule has 0 radical (unpaired) electrons. The molecule has 0 fully saturated rings. The summed E-state index contributed by atoms with van der Waals surface area (Å²) in [5, 5.41) is 17.6. The lowest BCUT2D eigenvalue weighted by atomic mass is 9.82. The molecule has 0 amide bonds. The third-order valence-corrected chi connectivity index (χ3v) is 14.6. The number of hydrogen-bond donors (Lipinski definition) is 0. The van der Waals surface area contributed by atoms with Crippen LogP contribution < -0.4 is 0 Å². The van der Waals surface area contributed by atoms with Crippen molar-refractivity contribution in [2.24, 2.45) is 0 Å². The van der Waals surface area contributed by atoms with Crippen molar-refractivity contribution in [2.45, 2.75) is 6.92 Å². The molecule has 0 spiro atoms. The summed E-state index contributed by atoms with van der Waals surface area (Å²) in [5.41, 5.74) is 17.9. The Bertz CT molecular complexity index is 4280. The average molecular weight is 821 g/mol. The van der Waals surface area contributed by atoms with Gasteiger partial charge in [0.1, 0.15) is 0 Å². The van der Waals surface area contributed by atoms with E-state index in [2.05, 4.69) is 195 Å². The maximum Gasteiger partial charge on any atom is 0.0717 e. The van der Waals surface area contributed by atoms with Crippen molar-refractivity contribution in [1.82, 2.24) is 9.97 Å². The summed E-state index contributed by atoms with van der Waals surface area (Å²) in [6.45, 7) is 2.10. The van der Waals surface area contributed by atoms with Crippen molar-refractivity contribution < 1.29 is 0 Å². The van der Waals surface area contributed by atoms with Crippen molar-refractivity contribution in [3.63, 3.8) is 0 Å². The number of hydrogen-bond acceptors (Lipinski definition) is 2. The number of benzene rings is 11. The maximum absolute atomic E-state index is 5.34. The number of aryl methyl sites for hydroxylation is 1. The first-order valence-corrected chi connectivity index (χ1v) is 22.6. The molecule has 0 unspecified atom stereocenters. The molecule has 298 valence electrons. The van der Waals surface area contributed by atoms with Crippen molar-refractivity contribution in [2.75, 3.05) is 0 Å². The van der Waals surface area contributed by atoms with Gasteiger partial charge in [0.25, 0.3) is 0 Å². The lowest BCUT2D eigenvalue weighted by molar-refractivity contribution is 1.21. The maximum atomic E-state index is 5.34. The highest BCUT2D eigenvalue weighted by Crippen LogP contribution is 2.60. The van der Waals surface area contributed by atoms with Crippen molar-refractivity contribution in [3.05, 3.63) is 206 Å². The van der Waals surface area contributed by atoms with Gasteiger partial charge in [-0.2, -0.15) is 0 Å². The summed E-state index contributed by atoms with van der Waals surface area (Å²) in [6, 6.07) is 72.2. The minimum Gasteiger partial charge on any atom is -0.256 e. The molecule has 13 aromatic rings. The van der Waals surface area contributed by atoms with Gasteiger partial charge in [-0.15, -0.1) is 0 Å². The summed E-state index contributed by atoms with van der Waals surface area (Å²) in [5.74, 6) is 0. The fourth-order valence-corrected chi connectivity index (χ4v) is 12.0. The molecule has 0 saturated heterocycles. The van der Waals surface area contributed by atoms with Crippen molar-refractivity contribution in [3.8, 4) is 78.1 Å². The first kappa shape index (κ1) is 35.1. The quantitative estimate of drug-likeness (QED) is 0.166. The Morgan fingerprint density at radius 2 is 0.938 bits per heavy atom. The Kier molecular flexibility index (Phi) is 6.91. The topological polar surface area (TPSA) is 25.8 Å². The van der Waals surface area contributed by atoms with Gasteiger partial charge in [-0.1, -0.05) is 146 Å². The van der Waals surface area contributed by atoms with E-state index in [0.29, 0.717) is 0 Å². The standard InChI is InChI=1S/C63H36N2/c1-35-13-11-23-55(65-35)60-47-29-27-43-46(25-24-39-31-50-51(34-49(39)43)45-21-12-20-44-40-18-7-5-16-37(40)32-52(50)56(44)45)58(47)63(54-22-9-10-30-64-54)61-48-28-26-42(36-14-3-2-4-15-36)57-41-19-8-6-17-38(41)33-53(59(48)57)62(60)61/h2-34H,1H3. The van der Waals surface area contributed by atoms with Gasteiger partial charge in [0.15, 0.2) is 0 Å². The molecule has 2 heterocycles. The third kappa shape index (κ3) is 4.67. The van der Waals surface area contributed by atoms with E-state index >= 15 is 0 Å². The van der Waals surface area contributed by atoms with Crippen LogP contribution in [0.2, 0.25) is 0 Å². The summed E-state index contributed by atoms with van der Waals surface area (Å²) >= 11 is 0. The van der Waals surface area contributed by atoms with Crippen LogP contribution in [-0.2, 0) is 0 Å². The van der Waals surface area contributed by atoms with E-state index in [1.165, 1.54) is 131 Å². The van der Waals surface area contributed by atoms with E-state index in [1.54, 1.807) is 0 Å². The minimum atomic E-state index is 0.964. The molecule has 2 nitrogen and oxygen atoms in total.